The molecule has 23 heavy (non-hydrogen) atoms. The van der Waals surface area contributed by atoms with Crippen molar-refractivity contribution in [3.05, 3.63) is 65.2 Å². The number of benzene rings is 2. The van der Waals surface area contributed by atoms with Crippen LogP contribution in [-0.2, 0) is 6.42 Å². The SMILES string of the molecule is COc1ccc(C2C3CCCc4ccccc4C3=NN2C)cc1. The van der Waals surface area contributed by atoms with E-state index in [1.165, 1.54) is 35.2 Å². The zero-order valence-corrected chi connectivity index (χ0v) is 13.7. The molecule has 1 aliphatic carbocycles. The highest BCUT2D eigenvalue weighted by Gasteiger charge is 2.38. The fourth-order valence-electron chi connectivity index (χ4n) is 4.01. The van der Waals surface area contributed by atoms with Gasteiger partial charge in [0, 0.05) is 18.5 Å². The highest BCUT2D eigenvalue weighted by molar-refractivity contribution is 6.05. The second kappa shape index (κ2) is 5.73. The summed E-state index contributed by atoms with van der Waals surface area (Å²) >= 11 is 0. The Labute approximate surface area is 137 Å². The van der Waals surface area contributed by atoms with Crippen LogP contribution in [-0.4, -0.2) is 24.9 Å². The molecule has 0 saturated carbocycles. The largest absolute Gasteiger partial charge is 0.497 e. The van der Waals surface area contributed by atoms with Crippen LogP contribution in [0.1, 0.15) is 35.6 Å². The van der Waals surface area contributed by atoms with Crippen molar-refractivity contribution in [2.24, 2.45) is 11.0 Å². The summed E-state index contributed by atoms with van der Waals surface area (Å²) in [5, 5.41) is 7.07. The summed E-state index contributed by atoms with van der Waals surface area (Å²) in [5.41, 5.74) is 5.37. The first-order valence-corrected chi connectivity index (χ1v) is 8.31. The van der Waals surface area contributed by atoms with Gasteiger partial charge in [-0.15, -0.1) is 0 Å². The lowest BCUT2D eigenvalue weighted by atomic mass is 9.85. The van der Waals surface area contributed by atoms with Gasteiger partial charge in [0.2, 0.25) is 0 Å². The molecule has 0 saturated heterocycles. The number of aryl methyl sites for hydroxylation is 1. The number of nitrogens with zero attached hydrogens (tertiary/aromatic N) is 2. The predicted octanol–water partition coefficient (Wildman–Crippen LogP) is 4.04. The molecule has 3 heteroatoms. The fourth-order valence-corrected chi connectivity index (χ4v) is 4.01. The van der Waals surface area contributed by atoms with Gasteiger partial charge in [-0.1, -0.05) is 36.4 Å². The van der Waals surface area contributed by atoms with E-state index >= 15 is 0 Å². The van der Waals surface area contributed by atoms with Crippen LogP contribution in [0.2, 0.25) is 0 Å². The molecule has 2 aliphatic rings. The van der Waals surface area contributed by atoms with Gasteiger partial charge in [-0.2, -0.15) is 5.10 Å². The second-order valence-electron chi connectivity index (χ2n) is 6.43. The average molecular weight is 306 g/mol. The van der Waals surface area contributed by atoms with Gasteiger partial charge in [0.15, 0.2) is 0 Å². The molecule has 0 radical (unpaired) electrons. The number of rotatable bonds is 2. The van der Waals surface area contributed by atoms with E-state index in [1.54, 1.807) is 7.11 Å². The lowest BCUT2D eigenvalue weighted by molar-refractivity contribution is 0.243. The van der Waals surface area contributed by atoms with Crippen molar-refractivity contribution >= 4 is 5.71 Å². The Hall–Kier alpha value is -2.29. The van der Waals surface area contributed by atoms with Gasteiger partial charge < -0.3 is 4.74 Å². The van der Waals surface area contributed by atoms with Crippen molar-refractivity contribution in [3.8, 4) is 5.75 Å². The molecule has 2 aromatic rings. The minimum atomic E-state index is 0.321. The Morgan fingerprint density at radius 1 is 1.09 bits per heavy atom. The van der Waals surface area contributed by atoms with Crippen molar-refractivity contribution in [2.45, 2.75) is 25.3 Å². The van der Waals surface area contributed by atoms with Crippen LogP contribution < -0.4 is 4.74 Å². The maximum absolute atomic E-state index is 5.29. The smallest absolute Gasteiger partial charge is 0.118 e. The number of hydrogen-bond acceptors (Lipinski definition) is 3. The normalized spacial score (nSPS) is 22.9. The average Bonchev–Trinajstić information content (AvgIpc) is 2.81. The van der Waals surface area contributed by atoms with Crippen LogP contribution in [0.25, 0.3) is 0 Å². The van der Waals surface area contributed by atoms with Crippen LogP contribution in [0.5, 0.6) is 5.75 Å². The number of fused-ring (bicyclic) bond motifs is 3. The Bertz CT molecular complexity index is 736. The molecule has 2 atom stereocenters. The minimum absolute atomic E-state index is 0.321. The monoisotopic (exact) mass is 306 g/mol. The van der Waals surface area contributed by atoms with Gasteiger partial charge in [0.05, 0.1) is 18.9 Å². The molecule has 0 aromatic heterocycles. The molecule has 118 valence electrons. The van der Waals surface area contributed by atoms with Crippen molar-refractivity contribution in [3.63, 3.8) is 0 Å². The van der Waals surface area contributed by atoms with E-state index in [2.05, 4.69) is 48.5 Å². The molecule has 0 N–H and O–H groups in total. The lowest BCUT2D eigenvalue weighted by Crippen LogP contribution is -2.23. The second-order valence-corrected chi connectivity index (χ2v) is 6.43. The summed E-state index contributed by atoms with van der Waals surface area (Å²) in [4.78, 5) is 0. The summed E-state index contributed by atoms with van der Waals surface area (Å²) in [7, 11) is 3.80. The Morgan fingerprint density at radius 3 is 2.65 bits per heavy atom. The third-order valence-corrected chi connectivity index (χ3v) is 5.11. The van der Waals surface area contributed by atoms with Gasteiger partial charge in [0.25, 0.3) is 0 Å². The predicted molar refractivity (Wildman–Crippen MR) is 92.9 cm³/mol. The van der Waals surface area contributed by atoms with E-state index in [1.807, 2.05) is 12.1 Å². The highest BCUT2D eigenvalue weighted by atomic mass is 16.5. The highest BCUT2D eigenvalue weighted by Crippen LogP contribution is 2.41. The number of hydrazone groups is 1. The molecule has 4 rings (SSSR count). The minimum Gasteiger partial charge on any atom is -0.497 e. The third kappa shape index (κ3) is 2.40. The molecule has 2 aromatic carbocycles. The summed E-state index contributed by atoms with van der Waals surface area (Å²) < 4.78 is 5.29. The van der Waals surface area contributed by atoms with Gasteiger partial charge >= 0.3 is 0 Å². The molecular formula is C20H22N2O. The third-order valence-electron chi connectivity index (χ3n) is 5.11. The summed E-state index contributed by atoms with van der Waals surface area (Å²) in [6.45, 7) is 0. The summed E-state index contributed by atoms with van der Waals surface area (Å²) in [5.74, 6) is 1.37. The zero-order chi connectivity index (χ0) is 15.8. The number of methoxy groups -OCH3 is 1. The molecule has 1 heterocycles. The Kier molecular flexibility index (Phi) is 3.56. The van der Waals surface area contributed by atoms with Gasteiger partial charge in [-0.05, 0) is 42.5 Å². The van der Waals surface area contributed by atoms with Gasteiger partial charge in [-0.25, -0.2) is 0 Å². The molecule has 1 aliphatic heterocycles. The van der Waals surface area contributed by atoms with Crippen molar-refractivity contribution in [2.75, 3.05) is 14.2 Å². The molecular weight excluding hydrogens is 284 g/mol. The standard InChI is InChI=1S/C20H22N2O/c1-22-20(15-10-12-16(23-2)13-11-15)18-9-5-7-14-6-3-4-8-17(14)19(18)21-22/h3-4,6,8,10-13,18,20H,5,7,9H2,1-2H3. The van der Waals surface area contributed by atoms with Gasteiger partial charge in [-0.3, -0.25) is 5.01 Å². The van der Waals surface area contributed by atoms with E-state index in [-0.39, 0.29) is 0 Å². The Morgan fingerprint density at radius 2 is 1.87 bits per heavy atom. The van der Waals surface area contributed by atoms with E-state index in [0.717, 1.165) is 12.2 Å². The van der Waals surface area contributed by atoms with Gasteiger partial charge in [0.1, 0.15) is 5.75 Å². The molecule has 0 bridgehead atoms. The van der Waals surface area contributed by atoms with E-state index < -0.39 is 0 Å². The molecule has 0 amide bonds. The van der Waals surface area contributed by atoms with Crippen LogP contribution in [0.3, 0.4) is 0 Å². The van der Waals surface area contributed by atoms with Crippen LogP contribution >= 0.6 is 0 Å². The zero-order valence-electron chi connectivity index (χ0n) is 13.7. The van der Waals surface area contributed by atoms with Crippen molar-refractivity contribution < 1.29 is 4.74 Å². The first kappa shape index (κ1) is 14.3. The van der Waals surface area contributed by atoms with E-state index in [9.17, 15) is 0 Å². The summed E-state index contributed by atoms with van der Waals surface area (Å²) in [6.07, 6.45) is 3.57. The lowest BCUT2D eigenvalue weighted by Gasteiger charge is -2.25. The van der Waals surface area contributed by atoms with E-state index in [0.29, 0.717) is 12.0 Å². The maximum Gasteiger partial charge on any atom is 0.118 e. The summed E-state index contributed by atoms with van der Waals surface area (Å²) in [6, 6.07) is 17.5. The van der Waals surface area contributed by atoms with Crippen molar-refractivity contribution in [1.29, 1.82) is 0 Å². The quantitative estimate of drug-likeness (QED) is 0.836. The molecule has 2 unspecified atom stereocenters. The first-order valence-electron chi connectivity index (χ1n) is 8.31. The first-order chi connectivity index (χ1) is 11.3. The van der Waals surface area contributed by atoms with Crippen molar-refractivity contribution in [1.82, 2.24) is 5.01 Å². The Balaban J connectivity index is 1.72. The molecule has 0 spiro atoms. The van der Waals surface area contributed by atoms with E-state index in [4.69, 9.17) is 9.84 Å². The molecule has 3 nitrogen and oxygen atoms in total. The number of hydrogen-bond donors (Lipinski definition) is 0. The van der Waals surface area contributed by atoms with Crippen LogP contribution in [0.15, 0.2) is 53.6 Å². The molecule has 0 fully saturated rings. The van der Waals surface area contributed by atoms with Crippen LogP contribution in [0, 0.1) is 5.92 Å². The fraction of sp³-hybridized carbons (Fsp3) is 0.350. The topological polar surface area (TPSA) is 24.8 Å². The number of ether oxygens (including phenoxy) is 1. The maximum atomic E-state index is 5.29. The van der Waals surface area contributed by atoms with Crippen LogP contribution in [0.4, 0.5) is 0 Å².